The second kappa shape index (κ2) is 8.18. The molecule has 0 amide bonds. The minimum absolute atomic E-state index is 0.0863. The first-order valence-corrected chi connectivity index (χ1v) is 12.1. The van der Waals surface area contributed by atoms with Gasteiger partial charge in [0.05, 0.1) is 24.7 Å². The lowest BCUT2D eigenvalue weighted by molar-refractivity contribution is -0.793. The van der Waals surface area contributed by atoms with Gasteiger partial charge in [-0.15, -0.1) is 8.42 Å². The lowest BCUT2D eigenvalue weighted by Crippen LogP contribution is -2.54. The second-order valence-electron chi connectivity index (χ2n) is 6.23. The number of quaternary nitrogens is 1. The van der Waals surface area contributed by atoms with Gasteiger partial charge in [0, 0.05) is 6.42 Å². The summed E-state index contributed by atoms with van der Waals surface area (Å²) in [6.45, 7) is 3.84. The number of rotatable bonds is 9. The standard InChI is InChI=1S/C15H25NO5S3/c1-5-6-7-14(16(3,4)24(19,20)21)12-22-23(17,18)15-10-8-13(2)9-11-15/h8-11,14H,5-7,12H2,1-4H3/p+1. The molecule has 1 atom stereocenters. The largest absolute Gasteiger partial charge is 0.432 e. The summed E-state index contributed by atoms with van der Waals surface area (Å²) < 4.78 is 57.0. The van der Waals surface area contributed by atoms with E-state index in [0.717, 1.165) is 29.2 Å². The Morgan fingerprint density at radius 3 is 2.12 bits per heavy atom. The Balaban J connectivity index is 2.97. The number of unbranched alkanes of at least 4 members (excludes halogenated alkanes) is 1. The molecule has 0 spiro atoms. The van der Waals surface area contributed by atoms with Crippen LogP contribution in [0.1, 0.15) is 31.7 Å². The van der Waals surface area contributed by atoms with Gasteiger partial charge in [-0.25, -0.2) is 13.0 Å². The first-order valence-electron chi connectivity index (χ1n) is 7.69. The molecule has 9 heteroatoms. The topological polar surface area (TPSA) is 88.5 Å². The summed E-state index contributed by atoms with van der Waals surface area (Å²) in [5.41, 5.74) is 0.962. The van der Waals surface area contributed by atoms with E-state index in [9.17, 15) is 21.4 Å². The highest BCUT2D eigenvalue weighted by Crippen LogP contribution is 2.29. The maximum atomic E-state index is 12.4. The van der Waals surface area contributed by atoms with E-state index in [-0.39, 0.29) is 10.6 Å². The molecule has 138 valence electrons. The fourth-order valence-electron chi connectivity index (χ4n) is 2.14. The Hall–Kier alpha value is -0.610. The van der Waals surface area contributed by atoms with E-state index in [1.54, 1.807) is 24.3 Å². The highest BCUT2D eigenvalue weighted by atomic mass is 33.1. The predicted molar refractivity (Wildman–Crippen MR) is 97.8 cm³/mol. The van der Waals surface area contributed by atoms with Crippen molar-refractivity contribution in [2.24, 2.45) is 0 Å². The summed E-state index contributed by atoms with van der Waals surface area (Å²) in [7, 11) is -4.43. The van der Waals surface area contributed by atoms with Gasteiger partial charge in [-0.05, 0) is 36.3 Å². The van der Waals surface area contributed by atoms with Crippen molar-refractivity contribution in [2.75, 3.05) is 19.8 Å². The monoisotopic (exact) mass is 396 g/mol. The lowest BCUT2D eigenvalue weighted by atomic mass is 10.1. The number of benzene rings is 1. The molecule has 0 aliphatic carbocycles. The van der Waals surface area contributed by atoms with Crippen molar-refractivity contribution in [1.82, 2.24) is 0 Å². The average Bonchev–Trinajstić information content (AvgIpc) is 2.46. The van der Waals surface area contributed by atoms with Gasteiger partial charge >= 0.3 is 10.3 Å². The molecular weight excluding hydrogens is 370 g/mol. The molecule has 1 aromatic rings. The van der Waals surface area contributed by atoms with E-state index < -0.39 is 29.1 Å². The van der Waals surface area contributed by atoms with E-state index >= 15 is 0 Å². The molecule has 0 saturated heterocycles. The highest BCUT2D eigenvalue weighted by Gasteiger charge is 2.40. The maximum absolute atomic E-state index is 12.4. The molecule has 0 aliphatic heterocycles. The number of aryl methyl sites for hydroxylation is 1. The Bertz CT molecular complexity index is 740. The molecule has 0 saturated carbocycles. The second-order valence-corrected chi connectivity index (χ2v) is 12.0. The van der Waals surface area contributed by atoms with Crippen LogP contribution in [0, 0.1) is 6.92 Å². The van der Waals surface area contributed by atoms with Crippen LogP contribution in [0.15, 0.2) is 29.2 Å². The molecule has 24 heavy (non-hydrogen) atoms. The first kappa shape index (κ1) is 21.4. The third kappa shape index (κ3) is 5.45. The fourth-order valence-corrected chi connectivity index (χ4v) is 6.03. The van der Waals surface area contributed by atoms with Gasteiger partial charge in [0.1, 0.15) is 6.04 Å². The number of nitrogens with zero attached hydrogens (tertiary/aromatic N) is 1. The summed E-state index contributed by atoms with van der Waals surface area (Å²) in [5, 5.41) is 0. The Labute approximate surface area is 149 Å². The van der Waals surface area contributed by atoms with Gasteiger partial charge in [0.2, 0.25) is 8.87 Å². The van der Waals surface area contributed by atoms with Crippen molar-refractivity contribution in [3.63, 3.8) is 0 Å². The van der Waals surface area contributed by atoms with Crippen LogP contribution in [0.3, 0.4) is 0 Å². The van der Waals surface area contributed by atoms with Gasteiger partial charge in [-0.2, -0.15) is 3.89 Å². The highest BCUT2D eigenvalue weighted by molar-refractivity contribution is 8.72. The van der Waals surface area contributed by atoms with Gasteiger partial charge in [0.25, 0.3) is 0 Å². The van der Waals surface area contributed by atoms with Crippen LogP contribution < -0.4 is 0 Å². The first-order chi connectivity index (χ1) is 10.9. The molecular formula is C15H26NO5S3+. The van der Waals surface area contributed by atoms with Crippen LogP contribution in [-0.2, 0) is 19.2 Å². The van der Waals surface area contributed by atoms with E-state index in [1.807, 2.05) is 13.8 Å². The van der Waals surface area contributed by atoms with E-state index in [1.165, 1.54) is 14.1 Å². The van der Waals surface area contributed by atoms with E-state index in [0.29, 0.717) is 6.42 Å². The van der Waals surface area contributed by atoms with Gasteiger partial charge < -0.3 is 0 Å². The molecule has 1 N–H and O–H groups in total. The molecule has 0 fully saturated rings. The quantitative estimate of drug-likeness (QED) is 0.392. The van der Waals surface area contributed by atoms with Crippen molar-refractivity contribution in [3.05, 3.63) is 29.8 Å². The minimum Gasteiger partial charge on any atom is -0.241 e. The zero-order chi connectivity index (χ0) is 18.6. The molecule has 1 aromatic carbocycles. The molecule has 0 aliphatic rings. The van der Waals surface area contributed by atoms with Crippen molar-refractivity contribution in [2.45, 2.75) is 44.0 Å². The average molecular weight is 397 g/mol. The molecule has 0 bridgehead atoms. The van der Waals surface area contributed by atoms with Crippen LogP contribution in [0.25, 0.3) is 0 Å². The van der Waals surface area contributed by atoms with Crippen LogP contribution in [0.2, 0.25) is 0 Å². The maximum Gasteiger partial charge on any atom is 0.432 e. The zero-order valence-corrected chi connectivity index (χ0v) is 16.9. The molecule has 0 radical (unpaired) electrons. The Morgan fingerprint density at radius 2 is 1.67 bits per heavy atom. The summed E-state index contributed by atoms with van der Waals surface area (Å²) >= 11 is 0. The van der Waals surface area contributed by atoms with Crippen molar-refractivity contribution >= 4 is 30.0 Å². The summed E-state index contributed by atoms with van der Waals surface area (Å²) in [4.78, 5) is 0.199. The zero-order valence-electron chi connectivity index (χ0n) is 14.5. The molecule has 1 rings (SSSR count). The lowest BCUT2D eigenvalue weighted by Gasteiger charge is -2.33. The van der Waals surface area contributed by atoms with Crippen LogP contribution in [0.5, 0.6) is 0 Å². The number of hydrogen-bond acceptors (Lipinski definition) is 5. The predicted octanol–water partition coefficient (Wildman–Crippen LogP) is 2.85. The van der Waals surface area contributed by atoms with Gasteiger partial charge in [-0.1, -0.05) is 31.0 Å². The molecule has 0 aromatic heterocycles. The van der Waals surface area contributed by atoms with Gasteiger partial charge in [-0.3, -0.25) is 0 Å². The fraction of sp³-hybridized carbons (Fsp3) is 0.600. The Kier molecular flexibility index (Phi) is 7.30. The SMILES string of the molecule is CCCCC(CSS(=O)(=O)c1ccc(C)cc1)[N+](C)(C)S(=O)(=O)O. The summed E-state index contributed by atoms with van der Waals surface area (Å²) in [6.07, 6.45) is 2.13. The van der Waals surface area contributed by atoms with Crippen LogP contribution in [0.4, 0.5) is 0 Å². The Morgan fingerprint density at radius 1 is 1.12 bits per heavy atom. The normalized spacial score (nSPS) is 14.5. The third-order valence-electron chi connectivity index (χ3n) is 4.09. The van der Waals surface area contributed by atoms with Crippen molar-refractivity contribution in [1.29, 1.82) is 0 Å². The van der Waals surface area contributed by atoms with E-state index in [4.69, 9.17) is 0 Å². The molecule has 1 unspecified atom stereocenters. The van der Waals surface area contributed by atoms with Crippen molar-refractivity contribution < 1.29 is 25.3 Å². The third-order valence-corrected chi connectivity index (χ3v) is 9.17. The number of hydrogen-bond donors (Lipinski definition) is 1. The van der Waals surface area contributed by atoms with Crippen LogP contribution >= 0.6 is 10.8 Å². The summed E-state index contributed by atoms with van der Waals surface area (Å²) in [6, 6.07) is 6.01. The van der Waals surface area contributed by atoms with Crippen LogP contribution in [-0.4, -0.2) is 51.2 Å². The van der Waals surface area contributed by atoms with Crippen molar-refractivity contribution in [3.8, 4) is 0 Å². The summed E-state index contributed by atoms with van der Waals surface area (Å²) in [5.74, 6) is 0.0863. The van der Waals surface area contributed by atoms with Gasteiger partial charge in [0.15, 0.2) is 0 Å². The molecule has 6 nitrogen and oxygen atoms in total. The van der Waals surface area contributed by atoms with E-state index in [2.05, 4.69) is 0 Å². The minimum atomic E-state index is -4.34. The smallest absolute Gasteiger partial charge is 0.241 e. The molecule has 0 heterocycles.